The third-order valence-corrected chi connectivity index (χ3v) is 7.39. The van der Waals surface area contributed by atoms with E-state index in [4.69, 9.17) is 16.0 Å². The van der Waals surface area contributed by atoms with Crippen LogP contribution >= 0.6 is 11.6 Å². The fraction of sp³-hybridized carbons (Fsp3) is 0.500. The van der Waals surface area contributed by atoms with E-state index in [9.17, 15) is 8.42 Å². The highest BCUT2D eigenvalue weighted by Crippen LogP contribution is 2.49. The molecule has 0 saturated carbocycles. The van der Waals surface area contributed by atoms with Crippen LogP contribution in [-0.2, 0) is 15.8 Å². The summed E-state index contributed by atoms with van der Waals surface area (Å²) in [4.78, 5) is 6.63. The van der Waals surface area contributed by atoms with Crippen LogP contribution in [0, 0.1) is 12.3 Å². The molecule has 2 aliphatic heterocycles. The van der Waals surface area contributed by atoms with E-state index in [0.717, 1.165) is 30.3 Å². The molecule has 0 amide bonds. The third kappa shape index (κ3) is 3.17. The molecule has 0 N–H and O–H groups in total. The summed E-state index contributed by atoms with van der Waals surface area (Å²) >= 11 is 5.88. The Morgan fingerprint density at radius 3 is 2.58 bits per heavy atom. The average molecular weight is 396 g/mol. The van der Waals surface area contributed by atoms with Crippen molar-refractivity contribution in [3.63, 3.8) is 0 Å². The molecule has 0 bridgehead atoms. The van der Waals surface area contributed by atoms with E-state index in [1.807, 2.05) is 6.92 Å². The van der Waals surface area contributed by atoms with Gasteiger partial charge in [-0.15, -0.1) is 0 Å². The standard InChI is InChI=1S/C18H22ClN3O3S/c1-13-7-20-17(25-13)16-8-21(2)10-18(16)11-22(12-18)26(23,24)9-14-3-5-15(19)6-4-14/h3-7,16H,8-12H2,1-2H3. The number of aryl methyl sites for hydroxylation is 1. The minimum atomic E-state index is -3.35. The number of sulfonamides is 1. The Morgan fingerprint density at radius 2 is 1.96 bits per heavy atom. The van der Waals surface area contributed by atoms with Crippen LogP contribution in [0.1, 0.15) is 23.1 Å². The molecule has 6 nitrogen and oxygen atoms in total. The van der Waals surface area contributed by atoms with Crippen LogP contribution < -0.4 is 0 Å². The number of rotatable bonds is 4. The zero-order valence-electron chi connectivity index (χ0n) is 14.9. The summed E-state index contributed by atoms with van der Waals surface area (Å²) in [5, 5.41) is 0.604. The number of nitrogens with zero attached hydrogens (tertiary/aromatic N) is 3. The van der Waals surface area contributed by atoms with Crippen molar-refractivity contribution in [2.45, 2.75) is 18.6 Å². The molecule has 8 heteroatoms. The topological polar surface area (TPSA) is 66.7 Å². The lowest BCUT2D eigenvalue weighted by atomic mass is 9.73. The van der Waals surface area contributed by atoms with E-state index in [-0.39, 0.29) is 17.1 Å². The fourth-order valence-electron chi connectivity index (χ4n) is 4.15. The maximum Gasteiger partial charge on any atom is 0.218 e. The molecule has 140 valence electrons. The Bertz CT molecular complexity index is 904. The normalized spacial score (nSPS) is 23.4. The molecule has 0 aliphatic carbocycles. The van der Waals surface area contributed by atoms with E-state index < -0.39 is 10.0 Å². The molecule has 1 atom stereocenters. The molecular formula is C18H22ClN3O3S. The molecule has 2 fully saturated rings. The van der Waals surface area contributed by atoms with Gasteiger partial charge in [0.05, 0.1) is 17.9 Å². The quantitative estimate of drug-likeness (QED) is 0.795. The Labute approximate surface area is 158 Å². The van der Waals surface area contributed by atoms with Crippen molar-refractivity contribution in [2.75, 3.05) is 33.2 Å². The Kier molecular flexibility index (Phi) is 4.38. The summed E-state index contributed by atoms with van der Waals surface area (Å²) in [5.41, 5.74) is 0.637. The second-order valence-corrected chi connectivity index (χ2v) is 9.98. The van der Waals surface area contributed by atoms with Crippen LogP contribution in [0.15, 0.2) is 34.9 Å². The Morgan fingerprint density at radius 1 is 1.27 bits per heavy atom. The summed E-state index contributed by atoms with van der Waals surface area (Å²) < 4.78 is 32.9. The van der Waals surface area contributed by atoms with Gasteiger partial charge in [0.25, 0.3) is 0 Å². The molecule has 1 aromatic heterocycles. The number of hydrogen-bond acceptors (Lipinski definition) is 5. The largest absolute Gasteiger partial charge is 0.446 e. The van der Waals surface area contributed by atoms with Crippen molar-refractivity contribution in [3.05, 3.63) is 52.7 Å². The van der Waals surface area contributed by atoms with Crippen molar-refractivity contribution >= 4 is 21.6 Å². The summed E-state index contributed by atoms with van der Waals surface area (Å²) in [5.74, 6) is 1.64. The fourth-order valence-corrected chi connectivity index (χ4v) is 5.98. The second kappa shape index (κ2) is 6.34. The molecule has 1 aromatic carbocycles. The van der Waals surface area contributed by atoms with Gasteiger partial charge in [-0.3, -0.25) is 0 Å². The van der Waals surface area contributed by atoms with Gasteiger partial charge < -0.3 is 9.32 Å². The highest BCUT2D eigenvalue weighted by molar-refractivity contribution is 7.88. The number of oxazole rings is 1. The van der Waals surface area contributed by atoms with Crippen LogP contribution in [0.25, 0.3) is 0 Å². The van der Waals surface area contributed by atoms with Gasteiger partial charge >= 0.3 is 0 Å². The monoisotopic (exact) mass is 395 g/mol. The smallest absolute Gasteiger partial charge is 0.218 e. The second-order valence-electron chi connectivity index (χ2n) is 7.57. The van der Waals surface area contributed by atoms with Crippen LogP contribution in [0.5, 0.6) is 0 Å². The minimum Gasteiger partial charge on any atom is -0.446 e. The van der Waals surface area contributed by atoms with Gasteiger partial charge in [-0.05, 0) is 31.7 Å². The molecule has 2 saturated heterocycles. The first-order chi connectivity index (χ1) is 12.3. The van der Waals surface area contributed by atoms with Crippen molar-refractivity contribution in [1.82, 2.24) is 14.2 Å². The molecule has 3 heterocycles. The van der Waals surface area contributed by atoms with E-state index >= 15 is 0 Å². The molecule has 1 spiro atoms. The summed E-state index contributed by atoms with van der Waals surface area (Å²) in [6.07, 6.45) is 1.73. The molecule has 0 radical (unpaired) electrons. The SMILES string of the molecule is Cc1cnc(C2CN(C)CC23CN(S(=O)(=O)Cc2ccc(Cl)cc2)C3)o1. The lowest BCUT2D eigenvalue weighted by molar-refractivity contribution is 0.0580. The number of hydrogen-bond donors (Lipinski definition) is 0. The van der Waals surface area contributed by atoms with E-state index in [1.165, 1.54) is 0 Å². The van der Waals surface area contributed by atoms with E-state index in [1.54, 1.807) is 34.8 Å². The number of halogens is 1. The van der Waals surface area contributed by atoms with Crippen molar-refractivity contribution < 1.29 is 12.8 Å². The molecule has 1 unspecified atom stereocenters. The van der Waals surface area contributed by atoms with Crippen LogP contribution in [0.3, 0.4) is 0 Å². The van der Waals surface area contributed by atoms with Crippen molar-refractivity contribution in [1.29, 1.82) is 0 Å². The van der Waals surface area contributed by atoms with Gasteiger partial charge in [0.2, 0.25) is 10.0 Å². The number of aromatic nitrogens is 1. The Hall–Kier alpha value is -1.41. The number of likely N-dealkylation sites (tertiary alicyclic amines) is 1. The Balaban J connectivity index is 1.49. The first-order valence-electron chi connectivity index (χ1n) is 8.61. The molecule has 4 rings (SSSR count). The lowest BCUT2D eigenvalue weighted by Gasteiger charge is -2.49. The van der Waals surface area contributed by atoms with Gasteiger partial charge in [0.15, 0.2) is 5.89 Å². The van der Waals surface area contributed by atoms with Gasteiger partial charge in [0.1, 0.15) is 5.76 Å². The first kappa shape index (κ1) is 18.0. The van der Waals surface area contributed by atoms with Crippen LogP contribution in [0.4, 0.5) is 0 Å². The highest BCUT2D eigenvalue weighted by Gasteiger charge is 2.58. The average Bonchev–Trinajstić information content (AvgIpc) is 3.11. The van der Waals surface area contributed by atoms with Gasteiger partial charge in [0, 0.05) is 36.6 Å². The highest BCUT2D eigenvalue weighted by atomic mass is 35.5. The zero-order chi connectivity index (χ0) is 18.5. The molecule has 26 heavy (non-hydrogen) atoms. The van der Waals surface area contributed by atoms with Gasteiger partial charge in [-0.2, -0.15) is 0 Å². The zero-order valence-corrected chi connectivity index (χ0v) is 16.4. The van der Waals surface area contributed by atoms with Gasteiger partial charge in [-0.25, -0.2) is 17.7 Å². The molecule has 2 aromatic rings. The van der Waals surface area contributed by atoms with Crippen LogP contribution in [-0.4, -0.2) is 55.8 Å². The third-order valence-electron chi connectivity index (χ3n) is 5.39. The summed E-state index contributed by atoms with van der Waals surface area (Å²) in [6.45, 7) is 4.60. The minimum absolute atomic E-state index is 0.00113. The molecule has 2 aliphatic rings. The van der Waals surface area contributed by atoms with Crippen molar-refractivity contribution in [2.24, 2.45) is 5.41 Å². The summed E-state index contributed by atoms with van der Waals surface area (Å²) in [7, 11) is -1.29. The predicted molar refractivity (Wildman–Crippen MR) is 99.6 cm³/mol. The summed E-state index contributed by atoms with van der Waals surface area (Å²) in [6, 6.07) is 6.96. The van der Waals surface area contributed by atoms with Crippen molar-refractivity contribution in [3.8, 4) is 0 Å². The lowest BCUT2D eigenvalue weighted by Crippen LogP contribution is -2.61. The maximum absolute atomic E-state index is 12.8. The van der Waals surface area contributed by atoms with E-state index in [2.05, 4.69) is 16.9 Å². The maximum atomic E-state index is 12.8. The number of likely N-dealkylation sites (N-methyl/N-ethyl adjacent to an activating group) is 1. The first-order valence-corrected chi connectivity index (χ1v) is 10.6. The number of benzene rings is 1. The van der Waals surface area contributed by atoms with E-state index in [0.29, 0.717) is 18.1 Å². The van der Waals surface area contributed by atoms with Gasteiger partial charge in [-0.1, -0.05) is 23.7 Å². The predicted octanol–water partition coefficient (Wildman–Crippen LogP) is 2.50. The van der Waals surface area contributed by atoms with Crippen LogP contribution in [0.2, 0.25) is 5.02 Å². The molecular weight excluding hydrogens is 374 g/mol.